The first-order chi connectivity index (χ1) is 36.7. The van der Waals surface area contributed by atoms with Gasteiger partial charge in [0.25, 0.3) is 0 Å². The van der Waals surface area contributed by atoms with Gasteiger partial charge in [0.05, 0.1) is 17.4 Å². The fourth-order valence-electron chi connectivity index (χ4n) is 12.5. The molecule has 2 aliphatic carbocycles. The molecule has 74 heavy (non-hydrogen) atoms. The number of hydrogen-bond donors (Lipinski definition) is 0. The SMILES string of the molecule is C1=CC(c2ccc(-c3ccccc3)n2-c2ccc3c(C4=CC=C(c5cccc6ccccc56)CC4)c4cc(N5C(c6ccccc6)=CCC5c5ccccc5)ccc4c(-c4cccc5ccccc45)c3c2)=CCC1. The predicted molar refractivity (Wildman–Crippen MR) is 315 cm³/mol. The molecule has 2 nitrogen and oxygen atoms in total. The Morgan fingerprint density at radius 3 is 1.69 bits per heavy atom. The fraction of sp³-hybridized carbons (Fsp3) is 0.0833. The lowest BCUT2D eigenvalue weighted by Gasteiger charge is -2.32. The molecule has 352 valence electrons. The van der Waals surface area contributed by atoms with Crippen molar-refractivity contribution in [2.75, 3.05) is 4.90 Å². The first-order valence-corrected chi connectivity index (χ1v) is 26.4. The number of benzene rings is 10. The van der Waals surface area contributed by atoms with Gasteiger partial charge in [0.15, 0.2) is 0 Å². The smallest absolute Gasteiger partial charge is 0.0626 e. The summed E-state index contributed by atoms with van der Waals surface area (Å²) in [4.78, 5) is 2.61. The van der Waals surface area contributed by atoms with Crippen molar-refractivity contribution in [1.29, 1.82) is 0 Å². The third-order valence-corrected chi connectivity index (χ3v) is 15.9. The van der Waals surface area contributed by atoms with Crippen LogP contribution in [0.4, 0.5) is 5.69 Å². The van der Waals surface area contributed by atoms with Gasteiger partial charge in [0, 0.05) is 17.1 Å². The van der Waals surface area contributed by atoms with Gasteiger partial charge in [-0.3, -0.25) is 0 Å². The highest BCUT2D eigenvalue weighted by molar-refractivity contribution is 6.22. The Morgan fingerprint density at radius 2 is 0.973 bits per heavy atom. The standard InChI is InChI=1S/C72H54N2/c1-5-21-52(22-6-1)67-43-44-68(53-23-7-2-8-24-53)73(67)57-40-42-64-65(47-57)71(56-37-35-51(36-38-56)60-33-17-29-49-19-13-15-31-59(49)60)63-41-39-58(48-66(63)72(64)62-34-18-30-50-20-14-16-32-61(50)62)74-69(54-25-9-3-10-26-54)45-46-70(74)55-27-11-4-12-28-55/h1-3,5-11,13-35,37,39-43,45-48,68H,4,12,36,38,44H2. The summed E-state index contributed by atoms with van der Waals surface area (Å²) < 4.78 is 2.50. The summed E-state index contributed by atoms with van der Waals surface area (Å²) in [6, 6.07) is 83.8. The summed E-state index contributed by atoms with van der Waals surface area (Å²) >= 11 is 0. The van der Waals surface area contributed by atoms with Crippen molar-refractivity contribution in [1.82, 2.24) is 4.57 Å². The molecule has 0 N–H and O–H groups in total. The van der Waals surface area contributed by atoms with E-state index in [1.54, 1.807) is 0 Å². The van der Waals surface area contributed by atoms with Crippen LogP contribution < -0.4 is 4.90 Å². The number of allylic oxidation sites excluding steroid dienone is 8. The van der Waals surface area contributed by atoms with Crippen LogP contribution in [0.3, 0.4) is 0 Å². The average Bonchev–Trinajstić information content (AvgIpc) is 4.15. The van der Waals surface area contributed by atoms with Crippen LogP contribution in [0.2, 0.25) is 0 Å². The quantitative estimate of drug-likeness (QED) is 0.131. The Labute approximate surface area is 433 Å². The third kappa shape index (κ3) is 7.56. The Hall–Kier alpha value is -8.98. The zero-order valence-electron chi connectivity index (χ0n) is 41.3. The summed E-state index contributed by atoms with van der Waals surface area (Å²) in [5, 5.41) is 10.1. The van der Waals surface area contributed by atoms with Crippen LogP contribution in [0.1, 0.15) is 66.1 Å². The first kappa shape index (κ1) is 43.8. The topological polar surface area (TPSA) is 8.17 Å². The average molecular weight is 947 g/mol. The number of hydrogen-bond acceptors (Lipinski definition) is 1. The zero-order chi connectivity index (χ0) is 49.0. The highest BCUT2D eigenvalue weighted by Crippen LogP contribution is 2.50. The molecule has 0 radical (unpaired) electrons. The van der Waals surface area contributed by atoms with E-state index in [1.807, 2.05) is 0 Å². The van der Waals surface area contributed by atoms with Crippen LogP contribution in [0, 0.1) is 0 Å². The maximum Gasteiger partial charge on any atom is 0.0626 e. The van der Waals surface area contributed by atoms with Gasteiger partial charge in [-0.05, 0) is 167 Å². The van der Waals surface area contributed by atoms with Crippen molar-refractivity contribution in [3.8, 4) is 28.1 Å². The predicted octanol–water partition coefficient (Wildman–Crippen LogP) is 19.4. The Morgan fingerprint density at radius 1 is 0.392 bits per heavy atom. The van der Waals surface area contributed by atoms with Gasteiger partial charge in [-0.1, -0.05) is 225 Å². The van der Waals surface area contributed by atoms with Crippen LogP contribution >= 0.6 is 0 Å². The lowest BCUT2D eigenvalue weighted by molar-refractivity contribution is 0.749. The van der Waals surface area contributed by atoms with Crippen LogP contribution in [0.15, 0.2) is 261 Å². The third-order valence-electron chi connectivity index (χ3n) is 15.9. The minimum absolute atomic E-state index is 0.150. The second-order valence-electron chi connectivity index (χ2n) is 20.1. The molecule has 1 aliphatic heterocycles. The van der Waals surface area contributed by atoms with Gasteiger partial charge in [-0.15, -0.1) is 0 Å². The number of nitrogens with zero attached hydrogens (tertiary/aromatic N) is 2. The molecule has 10 aromatic carbocycles. The van der Waals surface area contributed by atoms with E-state index >= 15 is 0 Å². The lowest BCUT2D eigenvalue weighted by atomic mass is 9.81. The van der Waals surface area contributed by atoms with E-state index in [0.29, 0.717) is 0 Å². The molecular weight excluding hydrogens is 893 g/mol. The monoisotopic (exact) mass is 946 g/mol. The van der Waals surface area contributed by atoms with Crippen molar-refractivity contribution in [3.63, 3.8) is 0 Å². The number of aromatic nitrogens is 1. The summed E-state index contributed by atoms with van der Waals surface area (Å²) in [7, 11) is 0. The maximum atomic E-state index is 2.61. The fourth-order valence-corrected chi connectivity index (χ4v) is 12.5. The highest BCUT2D eigenvalue weighted by Gasteiger charge is 2.31. The van der Waals surface area contributed by atoms with Gasteiger partial charge in [-0.25, -0.2) is 0 Å². The van der Waals surface area contributed by atoms with E-state index in [4.69, 9.17) is 0 Å². The second kappa shape index (κ2) is 18.6. The van der Waals surface area contributed by atoms with E-state index in [9.17, 15) is 0 Å². The van der Waals surface area contributed by atoms with Crippen molar-refractivity contribution in [2.45, 2.75) is 38.1 Å². The number of fused-ring (bicyclic) bond motifs is 4. The van der Waals surface area contributed by atoms with E-state index < -0.39 is 0 Å². The van der Waals surface area contributed by atoms with E-state index in [1.165, 1.54) is 122 Å². The molecule has 1 atom stereocenters. The minimum Gasteiger partial charge on any atom is -0.333 e. The van der Waals surface area contributed by atoms with Gasteiger partial charge >= 0.3 is 0 Å². The Balaban J connectivity index is 1.07. The van der Waals surface area contributed by atoms with Gasteiger partial charge in [0.1, 0.15) is 0 Å². The van der Waals surface area contributed by atoms with Crippen LogP contribution in [-0.4, -0.2) is 4.57 Å². The highest BCUT2D eigenvalue weighted by atomic mass is 15.2. The molecular formula is C72H54N2. The molecule has 2 heterocycles. The summed E-state index contributed by atoms with van der Waals surface area (Å²) in [6.45, 7) is 0. The molecule has 0 bridgehead atoms. The number of anilines is 1. The summed E-state index contributed by atoms with van der Waals surface area (Å²) in [5.41, 5.74) is 18.9. The number of rotatable bonds is 9. The molecule has 0 fully saturated rings. The molecule has 0 saturated carbocycles. The van der Waals surface area contributed by atoms with Crippen molar-refractivity contribution in [2.24, 2.45) is 0 Å². The normalized spacial score (nSPS) is 15.7. The van der Waals surface area contributed by atoms with Crippen molar-refractivity contribution >= 4 is 71.2 Å². The zero-order valence-corrected chi connectivity index (χ0v) is 41.3. The molecule has 0 saturated heterocycles. The largest absolute Gasteiger partial charge is 0.333 e. The molecule has 11 aromatic rings. The summed E-state index contributed by atoms with van der Waals surface area (Å²) in [6.07, 6.45) is 19.3. The van der Waals surface area contributed by atoms with Crippen molar-refractivity contribution in [3.05, 3.63) is 289 Å². The molecule has 2 heteroatoms. The van der Waals surface area contributed by atoms with E-state index in [-0.39, 0.29) is 6.04 Å². The van der Waals surface area contributed by atoms with Crippen molar-refractivity contribution < 1.29 is 0 Å². The molecule has 14 rings (SSSR count). The molecule has 0 spiro atoms. The van der Waals surface area contributed by atoms with Crippen LogP contribution in [0.5, 0.6) is 0 Å². The Bertz CT molecular complexity index is 4130. The van der Waals surface area contributed by atoms with Gasteiger partial charge in [0.2, 0.25) is 0 Å². The van der Waals surface area contributed by atoms with E-state index in [2.05, 4.69) is 270 Å². The molecule has 3 aliphatic rings. The molecule has 1 unspecified atom stereocenters. The van der Waals surface area contributed by atoms with Gasteiger partial charge < -0.3 is 9.47 Å². The first-order valence-electron chi connectivity index (χ1n) is 26.4. The maximum absolute atomic E-state index is 2.61. The van der Waals surface area contributed by atoms with Crippen LogP contribution in [-0.2, 0) is 0 Å². The summed E-state index contributed by atoms with van der Waals surface area (Å²) in [5.74, 6) is 0. The second-order valence-corrected chi connectivity index (χ2v) is 20.1. The lowest BCUT2D eigenvalue weighted by Crippen LogP contribution is -2.22. The van der Waals surface area contributed by atoms with Gasteiger partial charge in [-0.2, -0.15) is 0 Å². The minimum atomic E-state index is 0.150. The van der Waals surface area contributed by atoms with Crippen LogP contribution in [0.25, 0.3) is 93.6 Å². The van der Waals surface area contributed by atoms with E-state index in [0.717, 1.165) is 37.8 Å². The Kier molecular flexibility index (Phi) is 11.0. The molecule has 0 amide bonds. The molecule has 1 aromatic heterocycles.